The molecule has 0 unspecified atom stereocenters. The lowest BCUT2D eigenvalue weighted by atomic mass is 10.3. The summed E-state index contributed by atoms with van der Waals surface area (Å²) in [6.45, 7) is 0. The van der Waals surface area contributed by atoms with Crippen molar-refractivity contribution in [1.82, 2.24) is 19.9 Å². The van der Waals surface area contributed by atoms with Crippen molar-refractivity contribution < 1.29 is 4.79 Å². The van der Waals surface area contributed by atoms with Crippen LogP contribution in [0.2, 0.25) is 0 Å². The maximum atomic E-state index is 12.0. The quantitative estimate of drug-likeness (QED) is 0.864. The highest BCUT2D eigenvalue weighted by Crippen LogP contribution is 2.20. The molecule has 1 N–H and O–H groups in total. The topological polar surface area (TPSA) is 62.5 Å². The van der Waals surface area contributed by atoms with Gasteiger partial charge in [0.05, 0.1) is 6.20 Å². The minimum Gasteiger partial charge on any atom is -0.363 e. The molecule has 1 fully saturated rings. The lowest BCUT2D eigenvalue weighted by Gasteiger charge is -2.15. The molecule has 0 aromatic carbocycles. The smallest absolute Gasteiger partial charge is 0.270 e. The van der Waals surface area contributed by atoms with Gasteiger partial charge in [-0.2, -0.15) is 9.61 Å². The third-order valence-electron chi connectivity index (χ3n) is 2.94. The molecule has 0 saturated heterocycles. The summed E-state index contributed by atoms with van der Waals surface area (Å²) in [7, 11) is 3.83. The summed E-state index contributed by atoms with van der Waals surface area (Å²) in [5.41, 5.74) is 1.13. The van der Waals surface area contributed by atoms with Crippen molar-refractivity contribution in [3.8, 4) is 0 Å². The first-order valence-electron chi connectivity index (χ1n) is 5.98. The van der Waals surface area contributed by atoms with E-state index in [0.717, 1.165) is 18.7 Å². The van der Waals surface area contributed by atoms with Crippen LogP contribution in [0.4, 0.5) is 5.82 Å². The summed E-state index contributed by atoms with van der Waals surface area (Å²) in [6, 6.07) is 3.89. The highest BCUT2D eigenvalue weighted by Gasteiger charge is 2.25. The Bertz CT molecular complexity index is 600. The molecule has 1 saturated carbocycles. The predicted molar refractivity (Wildman–Crippen MR) is 67.8 cm³/mol. The lowest BCUT2D eigenvalue weighted by molar-refractivity contribution is 0.0946. The molecule has 0 atom stereocenters. The molecule has 2 aromatic rings. The zero-order valence-electron chi connectivity index (χ0n) is 10.4. The fourth-order valence-corrected chi connectivity index (χ4v) is 1.82. The van der Waals surface area contributed by atoms with E-state index >= 15 is 0 Å². The second-order valence-corrected chi connectivity index (χ2v) is 4.74. The van der Waals surface area contributed by atoms with E-state index in [2.05, 4.69) is 15.4 Å². The summed E-state index contributed by atoms with van der Waals surface area (Å²) in [5, 5.41) is 7.14. The molecule has 1 aliphatic carbocycles. The highest BCUT2D eigenvalue weighted by molar-refractivity contribution is 5.94. The standard InChI is InChI=1S/C12H15N5O/c1-16(2)11-7-9(12(18)14-8-3-4-8)15-10-5-6-13-17(10)11/h5-8H,3-4H2,1-2H3,(H,14,18). The Morgan fingerprint density at radius 3 is 2.94 bits per heavy atom. The number of carbonyl (C=O) groups is 1. The van der Waals surface area contributed by atoms with Crippen molar-refractivity contribution in [3.63, 3.8) is 0 Å². The van der Waals surface area contributed by atoms with Crippen LogP contribution in [0.15, 0.2) is 18.3 Å². The Kier molecular flexibility index (Phi) is 2.43. The minimum atomic E-state index is -0.107. The molecular formula is C12H15N5O. The number of rotatable bonds is 3. The Balaban J connectivity index is 2.03. The Labute approximate surface area is 105 Å². The molecule has 0 aliphatic heterocycles. The lowest BCUT2D eigenvalue weighted by Crippen LogP contribution is -2.27. The first-order valence-corrected chi connectivity index (χ1v) is 5.98. The number of fused-ring (bicyclic) bond motifs is 1. The highest BCUT2D eigenvalue weighted by atomic mass is 16.2. The fraction of sp³-hybridized carbons (Fsp3) is 0.417. The van der Waals surface area contributed by atoms with E-state index in [1.54, 1.807) is 22.8 Å². The van der Waals surface area contributed by atoms with E-state index < -0.39 is 0 Å². The summed E-state index contributed by atoms with van der Waals surface area (Å²) in [5.74, 6) is 0.732. The van der Waals surface area contributed by atoms with Gasteiger partial charge >= 0.3 is 0 Å². The van der Waals surface area contributed by atoms with Crippen molar-refractivity contribution in [3.05, 3.63) is 24.0 Å². The van der Waals surface area contributed by atoms with Crippen molar-refractivity contribution >= 4 is 17.4 Å². The van der Waals surface area contributed by atoms with Crippen LogP contribution >= 0.6 is 0 Å². The van der Waals surface area contributed by atoms with Crippen molar-refractivity contribution in [2.75, 3.05) is 19.0 Å². The van der Waals surface area contributed by atoms with E-state index in [0.29, 0.717) is 17.4 Å². The number of nitrogens with one attached hydrogen (secondary N) is 1. The molecule has 1 amide bonds. The van der Waals surface area contributed by atoms with Crippen LogP contribution in [0.25, 0.3) is 5.65 Å². The average Bonchev–Trinajstić information content (AvgIpc) is 3.02. The number of aromatic nitrogens is 3. The van der Waals surface area contributed by atoms with Gasteiger partial charge in [-0.15, -0.1) is 0 Å². The van der Waals surface area contributed by atoms with Crippen LogP contribution in [0.3, 0.4) is 0 Å². The molecule has 18 heavy (non-hydrogen) atoms. The minimum absolute atomic E-state index is 0.107. The molecule has 0 spiro atoms. The predicted octanol–water partition coefficient (Wildman–Crippen LogP) is 0.688. The molecule has 2 aromatic heterocycles. The number of nitrogens with zero attached hydrogens (tertiary/aromatic N) is 4. The van der Waals surface area contributed by atoms with Crippen LogP contribution in [0, 0.1) is 0 Å². The third kappa shape index (κ3) is 1.90. The summed E-state index contributed by atoms with van der Waals surface area (Å²) < 4.78 is 1.72. The van der Waals surface area contributed by atoms with Gasteiger partial charge in [-0.1, -0.05) is 0 Å². The van der Waals surface area contributed by atoms with Gasteiger partial charge in [0.1, 0.15) is 11.5 Å². The largest absolute Gasteiger partial charge is 0.363 e. The normalized spacial score (nSPS) is 14.8. The van der Waals surface area contributed by atoms with Gasteiger partial charge in [0.2, 0.25) is 0 Å². The van der Waals surface area contributed by atoms with Crippen LogP contribution in [0.5, 0.6) is 0 Å². The van der Waals surface area contributed by atoms with E-state index in [1.165, 1.54) is 0 Å². The number of carbonyl (C=O) groups excluding carboxylic acids is 1. The van der Waals surface area contributed by atoms with Crippen LogP contribution < -0.4 is 10.2 Å². The van der Waals surface area contributed by atoms with Gasteiger partial charge in [-0.25, -0.2) is 4.98 Å². The van der Waals surface area contributed by atoms with Gasteiger partial charge < -0.3 is 10.2 Å². The van der Waals surface area contributed by atoms with Crippen LogP contribution in [-0.4, -0.2) is 40.6 Å². The monoisotopic (exact) mass is 245 g/mol. The molecule has 0 bridgehead atoms. The molecule has 3 rings (SSSR count). The van der Waals surface area contributed by atoms with Gasteiger partial charge in [0, 0.05) is 32.3 Å². The molecule has 1 aliphatic rings. The second-order valence-electron chi connectivity index (χ2n) is 4.74. The van der Waals surface area contributed by atoms with E-state index in [1.807, 2.05) is 19.0 Å². The van der Waals surface area contributed by atoms with Gasteiger partial charge in [-0.3, -0.25) is 4.79 Å². The Morgan fingerprint density at radius 2 is 2.28 bits per heavy atom. The molecule has 0 radical (unpaired) electrons. The summed E-state index contributed by atoms with van der Waals surface area (Å²) in [4.78, 5) is 18.2. The first kappa shape index (κ1) is 11.0. The molecular weight excluding hydrogens is 230 g/mol. The maximum Gasteiger partial charge on any atom is 0.270 e. The number of anilines is 1. The van der Waals surface area contributed by atoms with Crippen molar-refractivity contribution in [2.24, 2.45) is 0 Å². The SMILES string of the molecule is CN(C)c1cc(C(=O)NC2CC2)nc2ccnn12. The molecule has 2 heterocycles. The van der Waals surface area contributed by atoms with Gasteiger partial charge in [0.15, 0.2) is 5.65 Å². The molecule has 6 nitrogen and oxygen atoms in total. The molecule has 94 valence electrons. The second kappa shape index (κ2) is 3.97. The van der Waals surface area contributed by atoms with Crippen molar-refractivity contribution in [2.45, 2.75) is 18.9 Å². The number of amides is 1. The number of hydrogen-bond acceptors (Lipinski definition) is 4. The summed E-state index contributed by atoms with van der Waals surface area (Å²) in [6.07, 6.45) is 3.82. The maximum absolute atomic E-state index is 12.0. The first-order chi connectivity index (χ1) is 8.65. The average molecular weight is 245 g/mol. The third-order valence-corrected chi connectivity index (χ3v) is 2.94. The van der Waals surface area contributed by atoms with E-state index in [4.69, 9.17) is 0 Å². The summed E-state index contributed by atoms with van der Waals surface area (Å²) >= 11 is 0. The van der Waals surface area contributed by atoms with Gasteiger partial charge in [0.25, 0.3) is 5.91 Å². The fourth-order valence-electron chi connectivity index (χ4n) is 1.82. The van der Waals surface area contributed by atoms with Gasteiger partial charge in [-0.05, 0) is 12.8 Å². The van der Waals surface area contributed by atoms with E-state index in [9.17, 15) is 4.79 Å². The molecule has 6 heteroatoms. The van der Waals surface area contributed by atoms with Crippen LogP contribution in [0.1, 0.15) is 23.3 Å². The zero-order chi connectivity index (χ0) is 12.7. The Morgan fingerprint density at radius 1 is 1.50 bits per heavy atom. The van der Waals surface area contributed by atoms with E-state index in [-0.39, 0.29) is 5.91 Å². The zero-order valence-corrected chi connectivity index (χ0v) is 10.4. The van der Waals surface area contributed by atoms with Crippen molar-refractivity contribution in [1.29, 1.82) is 0 Å². The van der Waals surface area contributed by atoms with Crippen LogP contribution in [-0.2, 0) is 0 Å². The number of hydrogen-bond donors (Lipinski definition) is 1. The Hall–Kier alpha value is -2.11.